The van der Waals surface area contributed by atoms with E-state index in [4.69, 9.17) is 25.8 Å². The second-order valence-corrected chi connectivity index (χ2v) is 8.36. The molecule has 0 aromatic heterocycles. The van der Waals surface area contributed by atoms with E-state index >= 15 is 0 Å². The monoisotopic (exact) mass is 507 g/mol. The minimum absolute atomic E-state index is 0.0521. The molecule has 3 aromatic carbocycles. The third kappa shape index (κ3) is 4.75. The van der Waals surface area contributed by atoms with Crippen LogP contribution in [0.25, 0.3) is 5.76 Å². The number of anilines is 1. The van der Waals surface area contributed by atoms with Crippen molar-refractivity contribution in [3.63, 3.8) is 0 Å². The molecule has 1 N–H and O–H groups in total. The predicted molar refractivity (Wildman–Crippen MR) is 138 cm³/mol. The molecule has 1 fully saturated rings. The Morgan fingerprint density at radius 2 is 1.64 bits per heavy atom. The number of carbonyl (C=O) groups excluding carboxylic acids is 2. The summed E-state index contributed by atoms with van der Waals surface area (Å²) < 4.78 is 16.4. The number of nitrogens with zero attached hydrogens (tertiary/aromatic N) is 1. The molecule has 7 nitrogen and oxygen atoms in total. The fraction of sp³-hybridized carbons (Fsp3) is 0.214. The molecule has 1 aliphatic heterocycles. The Labute approximate surface area is 214 Å². The van der Waals surface area contributed by atoms with Gasteiger partial charge in [0.25, 0.3) is 11.7 Å². The topological polar surface area (TPSA) is 85.3 Å². The fourth-order valence-corrected chi connectivity index (χ4v) is 4.45. The summed E-state index contributed by atoms with van der Waals surface area (Å²) in [5.74, 6) is -0.255. The molecule has 0 aliphatic carbocycles. The first-order valence-electron chi connectivity index (χ1n) is 11.5. The van der Waals surface area contributed by atoms with Crippen LogP contribution in [0.5, 0.6) is 17.2 Å². The van der Waals surface area contributed by atoms with Crippen molar-refractivity contribution < 1.29 is 28.9 Å². The van der Waals surface area contributed by atoms with Crippen LogP contribution in [0, 0.1) is 0 Å². The number of ether oxygens (including phenoxy) is 3. The van der Waals surface area contributed by atoms with Crippen molar-refractivity contribution in [2.45, 2.75) is 19.9 Å². The standard InChI is InChI=1S/C28H26ClNO6/c1-4-35-20-12-10-19(11-13-20)30-25(17-7-6-8-21(15-17)36-5-2)24(27(32)28(30)33)26(31)18-9-14-23(34-3)22(29)16-18/h6-16,25,31H,4-5H2,1-3H3/b26-24+. The number of ketones is 1. The van der Waals surface area contributed by atoms with Crippen LogP contribution in [0.4, 0.5) is 5.69 Å². The van der Waals surface area contributed by atoms with Gasteiger partial charge in [0.15, 0.2) is 0 Å². The highest BCUT2D eigenvalue weighted by Crippen LogP contribution is 2.43. The van der Waals surface area contributed by atoms with Gasteiger partial charge in [-0.15, -0.1) is 0 Å². The lowest BCUT2D eigenvalue weighted by Gasteiger charge is -2.26. The Kier molecular flexibility index (Phi) is 7.50. The summed E-state index contributed by atoms with van der Waals surface area (Å²) in [7, 11) is 1.48. The van der Waals surface area contributed by atoms with Crippen molar-refractivity contribution >= 4 is 34.7 Å². The van der Waals surface area contributed by atoms with Gasteiger partial charge in [0.05, 0.1) is 37.0 Å². The number of amides is 1. The van der Waals surface area contributed by atoms with Crippen molar-refractivity contribution in [1.82, 2.24) is 0 Å². The highest BCUT2D eigenvalue weighted by atomic mass is 35.5. The van der Waals surface area contributed by atoms with E-state index in [1.54, 1.807) is 60.7 Å². The molecule has 1 atom stereocenters. The van der Waals surface area contributed by atoms with Crippen molar-refractivity contribution in [3.8, 4) is 17.2 Å². The number of benzene rings is 3. The molecule has 1 unspecified atom stereocenters. The van der Waals surface area contributed by atoms with Crippen LogP contribution < -0.4 is 19.1 Å². The average Bonchev–Trinajstić information content (AvgIpc) is 3.15. The van der Waals surface area contributed by atoms with Crippen LogP contribution >= 0.6 is 11.6 Å². The van der Waals surface area contributed by atoms with Gasteiger partial charge in [-0.3, -0.25) is 14.5 Å². The summed E-state index contributed by atoms with van der Waals surface area (Å²) in [4.78, 5) is 28.1. The molecule has 0 bridgehead atoms. The maximum Gasteiger partial charge on any atom is 0.300 e. The van der Waals surface area contributed by atoms with Crippen LogP contribution in [-0.4, -0.2) is 37.1 Å². The van der Waals surface area contributed by atoms with Crippen molar-refractivity contribution in [2.24, 2.45) is 0 Å². The predicted octanol–water partition coefficient (Wildman–Crippen LogP) is 5.77. The molecule has 1 amide bonds. The van der Waals surface area contributed by atoms with Gasteiger partial charge in [-0.2, -0.15) is 0 Å². The van der Waals surface area contributed by atoms with Crippen molar-refractivity contribution in [2.75, 3.05) is 25.2 Å². The number of aliphatic hydroxyl groups excluding tert-OH is 1. The SMILES string of the molecule is CCOc1ccc(N2C(=O)C(=O)/C(=C(/O)c3ccc(OC)c(Cl)c3)C2c2cccc(OCC)c2)cc1. The normalized spacial score (nSPS) is 16.8. The fourth-order valence-electron chi connectivity index (χ4n) is 4.19. The van der Waals surface area contributed by atoms with Gasteiger partial charge in [-0.05, 0) is 74.0 Å². The average molecular weight is 508 g/mol. The lowest BCUT2D eigenvalue weighted by atomic mass is 9.95. The summed E-state index contributed by atoms with van der Waals surface area (Å²) in [6, 6.07) is 17.8. The second-order valence-electron chi connectivity index (χ2n) is 7.95. The van der Waals surface area contributed by atoms with Crippen LogP contribution in [0.3, 0.4) is 0 Å². The first-order valence-corrected chi connectivity index (χ1v) is 11.9. The van der Waals surface area contributed by atoms with E-state index in [-0.39, 0.29) is 21.9 Å². The van der Waals surface area contributed by atoms with E-state index in [0.29, 0.717) is 41.7 Å². The second kappa shape index (κ2) is 10.7. The quantitative estimate of drug-likeness (QED) is 0.236. The zero-order chi connectivity index (χ0) is 25.8. The largest absolute Gasteiger partial charge is 0.507 e. The smallest absolute Gasteiger partial charge is 0.300 e. The number of hydrogen-bond donors (Lipinski definition) is 1. The Morgan fingerprint density at radius 3 is 2.28 bits per heavy atom. The third-order valence-corrected chi connectivity index (χ3v) is 6.08. The third-order valence-electron chi connectivity index (χ3n) is 5.78. The van der Waals surface area contributed by atoms with E-state index in [1.807, 2.05) is 13.8 Å². The van der Waals surface area contributed by atoms with Crippen LogP contribution in [-0.2, 0) is 9.59 Å². The molecular formula is C28H26ClNO6. The molecule has 3 aromatic rings. The summed E-state index contributed by atoms with van der Waals surface area (Å²) in [6.07, 6.45) is 0. The number of rotatable bonds is 8. The minimum Gasteiger partial charge on any atom is -0.507 e. The molecule has 1 aliphatic rings. The van der Waals surface area contributed by atoms with Gasteiger partial charge in [0.1, 0.15) is 23.0 Å². The molecule has 0 saturated carbocycles. The highest BCUT2D eigenvalue weighted by molar-refractivity contribution is 6.51. The Morgan fingerprint density at radius 1 is 0.944 bits per heavy atom. The first-order chi connectivity index (χ1) is 17.4. The van der Waals surface area contributed by atoms with Gasteiger partial charge in [-0.25, -0.2) is 0 Å². The highest BCUT2D eigenvalue weighted by Gasteiger charge is 2.47. The van der Waals surface area contributed by atoms with Gasteiger partial charge in [-0.1, -0.05) is 23.7 Å². The zero-order valence-corrected chi connectivity index (χ0v) is 20.9. The minimum atomic E-state index is -0.899. The Bertz CT molecular complexity index is 1320. The van der Waals surface area contributed by atoms with E-state index in [9.17, 15) is 14.7 Å². The van der Waals surface area contributed by atoms with E-state index < -0.39 is 17.7 Å². The summed E-state index contributed by atoms with van der Waals surface area (Å²) in [6.45, 7) is 4.70. The maximum absolute atomic E-state index is 13.4. The van der Waals surface area contributed by atoms with Gasteiger partial charge in [0.2, 0.25) is 0 Å². The van der Waals surface area contributed by atoms with Crippen molar-refractivity contribution in [3.05, 3.63) is 88.5 Å². The van der Waals surface area contributed by atoms with Crippen LogP contribution in [0.15, 0.2) is 72.3 Å². The summed E-state index contributed by atoms with van der Waals surface area (Å²) >= 11 is 6.27. The molecule has 8 heteroatoms. The molecule has 1 heterocycles. The Hall–Kier alpha value is -3.97. The molecule has 36 heavy (non-hydrogen) atoms. The first kappa shape index (κ1) is 25.1. The number of methoxy groups -OCH3 is 1. The van der Waals surface area contributed by atoms with Crippen LogP contribution in [0.2, 0.25) is 5.02 Å². The number of Topliss-reactive ketones (excluding diaryl/α,β-unsaturated/α-hetero) is 1. The molecule has 186 valence electrons. The summed E-state index contributed by atoms with van der Waals surface area (Å²) in [5, 5.41) is 11.6. The number of aliphatic hydroxyl groups is 1. The van der Waals surface area contributed by atoms with E-state index in [1.165, 1.54) is 18.1 Å². The lowest BCUT2D eigenvalue weighted by Crippen LogP contribution is -2.29. The van der Waals surface area contributed by atoms with Gasteiger partial charge in [0, 0.05) is 11.3 Å². The van der Waals surface area contributed by atoms with Crippen LogP contribution in [0.1, 0.15) is 31.0 Å². The van der Waals surface area contributed by atoms with E-state index in [2.05, 4.69) is 0 Å². The van der Waals surface area contributed by atoms with Gasteiger partial charge < -0.3 is 19.3 Å². The maximum atomic E-state index is 13.4. The summed E-state index contributed by atoms with van der Waals surface area (Å²) in [5.41, 5.74) is 1.33. The number of carbonyl (C=O) groups is 2. The molecule has 1 saturated heterocycles. The number of halogens is 1. The zero-order valence-electron chi connectivity index (χ0n) is 20.2. The number of hydrogen-bond acceptors (Lipinski definition) is 6. The molecule has 4 rings (SSSR count). The van der Waals surface area contributed by atoms with Crippen molar-refractivity contribution in [1.29, 1.82) is 0 Å². The van der Waals surface area contributed by atoms with E-state index in [0.717, 1.165) is 0 Å². The van der Waals surface area contributed by atoms with Gasteiger partial charge >= 0.3 is 0 Å². The molecule has 0 radical (unpaired) electrons. The molecule has 0 spiro atoms. The lowest BCUT2D eigenvalue weighted by molar-refractivity contribution is -0.132. The Balaban J connectivity index is 1.90. The molecular weight excluding hydrogens is 482 g/mol.